The normalized spacial score (nSPS) is 37.0. The second kappa shape index (κ2) is 4.99. The highest BCUT2D eigenvalue weighted by atomic mass is 16.5. The summed E-state index contributed by atoms with van der Waals surface area (Å²) in [6.07, 6.45) is 0. The lowest BCUT2D eigenvalue weighted by atomic mass is 10.00. The molecule has 0 aromatic carbocycles. The van der Waals surface area contributed by atoms with E-state index in [1.165, 1.54) is 0 Å². The van der Waals surface area contributed by atoms with Crippen molar-refractivity contribution in [2.75, 3.05) is 26.4 Å². The molecule has 96 valence electrons. The summed E-state index contributed by atoms with van der Waals surface area (Å²) in [5.41, 5.74) is 5.72. The Hall–Kier alpha value is -1.18. The third kappa shape index (κ3) is 2.56. The van der Waals surface area contributed by atoms with Crippen molar-refractivity contribution in [2.24, 2.45) is 17.6 Å². The van der Waals surface area contributed by atoms with Gasteiger partial charge in [0.05, 0.1) is 38.4 Å². The summed E-state index contributed by atoms with van der Waals surface area (Å²) in [6, 6.07) is -0.798. The van der Waals surface area contributed by atoms with Crippen LogP contribution in [-0.4, -0.2) is 55.5 Å². The van der Waals surface area contributed by atoms with Crippen LogP contribution in [0.4, 0.5) is 0 Å². The van der Waals surface area contributed by atoms with E-state index in [2.05, 4.69) is 5.32 Å². The van der Waals surface area contributed by atoms with Gasteiger partial charge in [0.2, 0.25) is 5.91 Å². The van der Waals surface area contributed by atoms with Gasteiger partial charge in [0.15, 0.2) is 0 Å². The molecule has 2 heterocycles. The Morgan fingerprint density at radius 1 is 1.12 bits per heavy atom. The van der Waals surface area contributed by atoms with Gasteiger partial charge in [-0.3, -0.25) is 9.59 Å². The van der Waals surface area contributed by atoms with Gasteiger partial charge in [-0.1, -0.05) is 0 Å². The lowest BCUT2D eigenvalue weighted by Crippen LogP contribution is -2.48. The van der Waals surface area contributed by atoms with Gasteiger partial charge in [0, 0.05) is 6.04 Å². The molecule has 0 bridgehead atoms. The van der Waals surface area contributed by atoms with E-state index in [9.17, 15) is 9.59 Å². The SMILES string of the molecule is NC1COCC1C(=O)NC1COCC1C(=O)O. The first-order chi connectivity index (χ1) is 8.09. The van der Waals surface area contributed by atoms with Crippen molar-refractivity contribution in [3.05, 3.63) is 0 Å². The van der Waals surface area contributed by atoms with Crippen LogP contribution in [0.2, 0.25) is 0 Å². The molecule has 0 spiro atoms. The molecule has 7 heteroatoms. The van der Waals surface area contributed by atoms with Gasteiger partial charge < -0.3 is 25.6 Å². The summed E-state index contributed by atoms with van der Waals surface area (Å²) in [5, 5.41) is 11.6. The Kier molecular flexibility index (Phi) is 3.60. The summed E-state index contributed by atoms with van der Waals surface area (Å²) < 4.78 is 10.2. The van der Waals surface area contributed by atoms with Gasteiger partial charge >= 0.3 is 5.97 Å². The van der Waals surface area contributed by atoms with E-state index in [0.29, 0.717) is 6.61 Å². The highest BCUT2D eigenvalue weighted by Gasteiger charge is 2.38. The molecule has 17 heavy (non-hydrogen) atoms. The molecule has 7 nitrogen and oxygen atoms in total. The number of amides is 1. The highest BCUT2D eigenvalue weighted by Crippen LogP contribution is 2.17. The van der Waals surface area contributed by atoms with Crippen LogP contribution in [0, 0.1) is 11.8 Å². The van der Waals surface area contributed by atoms with Crippen molar-refractivity contribution in [3.63, 3.8) is 0 Å². The minimum Gasteiger partial charge on any atom is -0.481 e. The van der Waals surface area contributed by atoms with Gasteiger partial charge in [-0.15, -0.1) is 0 Å². The molecule has 2 fully saturated rings. The molecular weight excluding hydrogens is 228 g/mol. The number of nitrogens with one attached hydrogen (secondary N) is 1. The number of carboxylic acid groups (broad SMARTS) is 1. The van der Waals surface area contributed by atoms with Crippen molar-refractivity contribution >= 4 is 11.9 Å². The van der Waals surface area contributed by atoms with E-state index in [1.54, 1.807) is 0 Å². The molecule has 4 unspecified atom stereocenters. The Morgan fingerprint density at radius 2 is 1.76 bits per heavy atom. The number of carboxylic acids is 1. The van der Waals surface area contributed by atoms with Crippen LogP contribution in [0.15, 0.2) is 0 Å². The fraction of sp³-hybridized carbons (Fsp3) is 0.800. The molecule has 1 amide bonds. The Bertz CT molecular complexity index is 322. The zero-order chi connectivity index (χ0) is 12.4. The van der Waals surface area contributed by atoms with Gasteiger partial charge in [-0.25, -0.2) is 0 Å². The molecule has 2 aliphatic rings. The maximum absolute atomic E-state index is 11.9. The lowest BCUT2D eigenvalue weighted by Gasteiger charge is -2.19. The van der Waals surface area contributed by atoms with Crippen LogP contribution in [-0.2, 0) is 19.1 Å². The molecule has 2 rings (SSSR count). The summed E-state index contributed by atoms with van der Waals surface area (Å²) in [5.74, 6) is -2.29. The van der Waals surface area contributed by atoms with Gasteiger partial charge in [0.25, 0.3) is 0 Å². The number of nitrogens with two attached hydrogens (primary N) is 1. The molecule has 4 atom stereocenters. The van der Waals surface area contributed by atoms with Crippen molar-refractivity contribution < 1.29 is 24.2 Å². The molecule has 0 aliphatic carbocycles. The van der Waals surface area contributed by atoms with E-state index >= 15 is 0 Å². The standard InChI is InChI=1S/C10H16N2O5/c11-7-3-16-1-5(7)9(13)12-8-4-17-2-6(8)10(14)15/h5-8H,1-4,11H2,(H,12,13)(H,14,15). The van der Waals surface area contributed by atoms with E-state index < -0.39 is 23.8 Å². The van der Waals surface area contributed by atoms with E-state index in [0.717, 1.165) is 0 Å². The Balaban J connectivity index is 1.91. The summed E-state index contributed by atoms with van der Waals surface area (Å²) >= 11 is 0. The molecule has 2 saturated heterocycles. The van der Waals surface area contributed by atoms with E-state index in [1.807, 2.05) is 0 Å². The third-order valence-corrected chi connectivity index (χ3v) is 3.19. The summed E-state index contributed by atoms with van der Waals surface area (Å²) in [6.45, 7) is 1.01. The zero-order valence-corrected chi connectivity index (χ0v) is 9.30. The maximum atomic E-state index is 11.9. The van der Waals surface area contributed by atoms with Crippen LogP contribution in [0.5, 0.6) is 0 Å². The number of aliphatic carboxylic acids is 1. The minimum absolute atomic E-state index is 0.132. The van der Waals surface area contributed by atoms with Crippen LogP contribution in [0.3, 0.4) is 0 Å². The number of rotatable bonds is 3. The molecule has 4 N–H and O–H groups in total. The van der Waals surface area contributed by atoms with Crippen molar-refractivity contribution in [3.8, 4) is 0 Å². The topological polar surface area (TPSA) is 111 Å². The summed E-state index contributed by atoms with van der Waals surface area (Å²) in [4.78, 5) is 22.8. The second-order valence-corrected chi connectivity index (χ2v) is 4.41. The number of ether oxygens (including phenoxy) is 2. The number of carbonyl (C=O) groups is 2. The van der Waals surface area contributed by atoms with Gasteiger partial charge in [-0.05, 0) is 0 Å². The fourth-order valence-corrected chi connectivity index (χ4v) is 2.07. The molecule has 2 aliphatic heterocycles. The summed E-state index contributed by atoms with van der Waals surface area (Å²) in [7, 11) is 0. The Labute approximate surface area is 98.2 Å². The molecule has 0 saturated carbocycles. The minimum atomic E-state index is -0.959. The molecule has 0 aromatic heterocycles. The fourth-order valence-electron chi connectivity index (χ4n) is 2.07. The van der Waals surface area contributed by atoms with E-state index in [4.69, 9.17) is 20.3 Å². The third-order valence-electron chi connectivity index (χ3n) is 3.19. The zero-order valence-electron chi connectivity index (χ0n) is 9.30. The Morgan fingerprint density at radius 3 is 2.35 bits per heavy atom. The largest absolute Gasteiger partial charge is 0.481 e. The smallest absolute Gasteiger partial charge is 0.311 e. The van der Waals surface area contributed by atoms with Crippen LogP contribution < -0.4 is 11.1 Å². The number of hydrogen-bond donors (Lipinski definition) is 3. The molecule has 0 radical (unpaired) electrons. The first-order valence-corrected chi connectivity index (χ1v) is 5.54. The first-order valence-electron chi connectivity index (χ1n) is 5.54. The highest BCUT2D eigenvalue weighted by molar-refractivity contribution is 5.81. The second-order valence-electron chi connectivity index (χ2n) is 4.41. The number of hydrogen-bond acceptors (Lipinski definition) is 5. The van der Waals surface area contributed by atoms with Crippen LogP contribution >= 0.6 is 0 Å². The van der Waals surface area contributed by atoms with Gasteiger partial charge in [-0.2, -0.15) is 0 Å². The number of carbonyl (C=O) groups excluding carboxylic acids is 1. The maximum Gasteiger partial charge on any atom is 0.311 e. The quantitative estimate of drug-likeness (QED) is 0.539. The first kappa shape index (κ1) is 12.3. The van der Waals surface area contributed by atoms with Crippen molar-refractivity contribution in [1.29, 1.82) is 0 Å². The van der Waals surface area contributed by atoms with E-state index in [-0.39, 0.29) is 31.8 Å². The van der Waals surface area contributed by atoms with Crippen molar-refractivity contribution in [1.82, 2.24) is 5.32 Å². The van der Waals surface area contributed by atoms with Crippen LogP contribution in [0.1, 0.15) is 0 Å². The predicted octanol–water partition coefficient (Wildman–Crippen LogP) is -1.82. The lowest BCUT2D eigenvalue weighted by molar-refractivity contribution is -0.142. The molecular formula is C10H16N2O5. The average molecular weight is 244 g/mol. The predicted molar refractivity (Wildman–Crippen MR) is 56.2 cm³/mol. The monoisotopic (exact) mass is 244 g/mol. The average Bonchev–Trinajstić information content (AvgIpc) is 2.86. The van der Waals surface area contributed by atoms with Crippen molar-refractivity contribution in [2.45, 2.75) is 12.1 Å². The van der Waals surface area contributed by atoms with Crippen LogP contribution in [0.25, 0.3) is 0 Å². The van der Waals surface area contributed by atoms with Gasteiger partial charge in [0.1, 0.15) is 5.92 Å². The molecule has 0 aromatic rings.